The van der Waals surface area contributed by atoms with Crippen LogP contribution in [-0.4, -0.2) is 32.7 Å². The van der Waals surface area contributed by atoms with Crippen molar-refractivity contribution in [1.29, 1.82) is 0 Å². The van der Waals surface area contributed by atoms with Gasteiger partial charge in [0.05, 0.1) is 12.2 Å². The minimum Gasteiger partial charge on any atom is -0.490 e. The van der Waals surface area contributed by atoms with Gasteiger partial charge in [-0.1, -0.05) is 30.3 Å². The van der Waals surface area contributed by atoms with Crippen molar-refractivity contribution in [1.82, 2.24) is 0 Å². The van der Waals surface area contributed by atoms with E-state index in [1.165, 1.54) is 0 Å². The molecule has 0 aliphatic rings. The number of carbonyl (C=O) groups is 1. The molecule has 0 N–H and O–H groups in total. The normalized spacial score (nSPS) is 10.1. The lowest BCUT2D eigenvalue weighted by Gasteiger charge is -2.11. The molecule has 4 heteroatoms. The molecule has 2 rings (SSSR count). The van der Waals surface area contributed by atoms with Gasteiger partial charge in [0.2, 0.25) is 5.78 Å². The van der Waals surface area contributed by atoms with Gasteiger partial charge in [-0.25, -0.2) is 0 Å². The van der Waals surface area contributed by atoms with Crippen molar-refractivity contribution in [3.8, 4) is 11.5 Å². The molecule has 0 aliphatic carbocycles. The number of rotatable bonds is 8. The Labute approximate surface area is 124 Å². The summed E-state index contributed by atoms with van der Waals surface area (Å²) in [5, 5.41) is 0. The van der Waals surface area contributed by atoms with Gasteiger partial charge in [-0.2, -0.15) is 0 Å². The largest absolute Gasteiger partial charge is 0.490 e. The van der Waals surface area contributed by atoms with E-state index in [9.17, 15) is 4.79 Å². The Morgan fingerprint density at radius 2 is 1.62 bits per heavy atom. The lowest BCUT2D eigenvalue weighted by Crippen LogP contribution is -2.14. The Morgan fingerprint density at radius 1 is 0.905 bits per heavy atom. The average molecular weight is 286 g/mol. The third-order valence-electron chi connectivity index (χ3n) is 2.85. The van der Waals surface area contributed by atoms with E-state index in [1.54, 1.807) is 25.3 Å². The van der Waals surface area contributed by atoms with E-state index in [4.69, 9.17) is 14.2 Å². The molecule has 0 aromatic heterocycles. The van der Waals surface area contributed by atoms with Crippen LogP contribution in [0.15, 0.2) is 54.6 Å². The van der Waals surface area contributed by atoms with Crippen LogP contribution in [0.25, 0.3) is 0 Å². The van der Waals surface area contributed by atoms with Gasteiger partial charge in [-0.05, 0) is 24.3 Å². The molecule has 0 spiro atoms. The molecule has 0 saturated carbocycles. The van der Waals surface area contributed by atoms with E-state index in [0.717, 1.165) is 0 Å². The Kier molecular flexibility index (Phi) is 5.79. The van der Waals surface area contributed by atoms with Crippen LogP contribution in [0.2, 0.25) is 0 Å². The molecular weight excluding hydrogens is 268 g/mol. The summed E-state index contributed by atoms with van der Waals surface area (Å²) in [6, 6.07) is 16.4. The number of benzene rings is 2. The summed E-state index contributed by atoms with van der Waals surface area (Å²) in [6.07, 6.45) is 0. The number of Topliss-reactive ketones (excluding diaryl/α,β-unsaturated/α-hetero) is 1. The van der Waals surface area contributed by atoms with E-state index in [2.05, 4.69) is 0 Å². The molecular formula is C17H18O4. The number of ether oxygens (including phenoxy) is 3. The lowest BCUT2D eigenvalue weighted by atomic mass is 10.1. The maximum atomic E-state index is 12.2. The molecule has 4 nitrogen and oxygen atoms in total. The van der Waals surface area contributed by atoms with Crippen LogP contribution in [0.4, 0.5) is 0 Å². The first-order valence-corrected chi connectivity index (χ1v) is 6.73. The summed E-state index contributed by atoms with van der Waals surface area (Å²) in [4.78, 5) is 12.2. The van der Waals surface area contributed by atoms with Crippen molar-refractivity contribution in [2.45, 2.75) is 0 Å². The van der Waals surface area contributed by atoms with Gasteiger partial charge in [0.1, 0.15) is 18.1 Å². The predicted octanol–water partition coefficient (Wildman–Crippen LogP) is 2.97. The predicted molar refractivity (Wildman–Crippen MR) is 80.1 cm³/mol. The van der Waals surface area contributed by atoms with Crippen LogP contribution in [0.3, 0.4) is 0 Å². The Hall–Kier alpha value is -2.33. The number of carbonyl (C=O) groups excluding carboxylic acids is 1. The van der Waals surface area contributed by atoms with E-state index in [1.807, 2.05) is 36.4 Å². The lowest BCUT2D eigenvalue weighted by molar-refractivity contribution is 0.0914. The highest BCUT2D eigenvalue weighted by Gasteiger charge is 2.12. The second kappa shape index (κ2) is 8.07. The fourth-order valence-electron chi connectivity index (χ4n) is 1.80. The second-order valence-corrected chi connectivity index (χ2v) is 4.36. The number of ketones is 1. The first kappa shape index (κ1) is 15.1. The van der Waals surface area contributed by atoms with Gasteiger partial charge in [0, 0.05) is 7.11 Å². The van der Waals surface area contributed by atoms with Crippen molar-refractivity contribution >= 4 is 5.78 Å². The Balaban J connectivity index is 1.98. The van der Waals surface area contributed by atoms with Crippen molar-refractivity contribution in [3.63, 3.8) is 0 Å². The molecule has 0 saturated heterocycles. The Morgan fingerprint density at radius 3 is 2.38 bits per heavy atom. The molecule has 0 bridgehead atoms. The minimum atomic E-state index is -0.119. The van der Waals surface area contributed by atoms with Crippen LogP contribution >= 0.6 is 0 Å². The topological polar surface area (TPSA) is 44.8 Å². The summed E-state index contributed by atoms with van der Waals surface area (Å²) < 4.78 is 16.0. The zero-order valence-electron chi connectivity index (χ0n) is 12.0. The van der Waals surface area contributed by atoms with E-state index in [-0.39, 0.29) is 12.4 Å². The molecule has 0 atom stereocenters. The molecule has 21 heavy (non-hydrogen) atoms. The van der Waals surface area contributed by atoms with Crippen LogP contribution in [-0.2, 0) is 4.74 Å². The number of hydrogen-bond donors (Lipinski definition) is 0. The van der Waals surface area contributed by atoms with Crippen molar-refractivity contribution in [3.05, 3.63) is 60.2 Å². The molecule has 110 valence electrons. The first-order chi connectivity index (χ1) is 10.3. The highest BCUT2D eigenvalue weighted by molar-refractivity contribution is 5.99. The standard InChI is InChI=1S/C17H18O4/c1-19-11-12-20-17-10-6-5-9-15(17)16(18)13-21-14-7-3-2-4-8-14/h2-10H,11-13H2,1H3. The maximum absolute atomic E-state index is 12.2. The van der Waals surface area contributed by atoms with Crippen LogP contribution < -0.4 is 9.47 Å². The van der Waals surface area contributed by atoms with Crippen molar-refractivity contribution < 1.29 is 19.0 Å². The Bertz CT molecular complexity index is 566. The third-order valence-corrected chi connectivity index (χ3v) is 2.85. The quantitative estimate of drug-likeness (QED) is 0.553. The van der Waals surface area contributed by atoms with Crippen LogP contribution in [0, 0.1) is 0 Å². The summed E-state index contributed by atoms with van der Waals surface area (Å²) >= 11 is 0. The van der Waals surface area contributed by atoms with Gasteiger partial charge in [0.25, 0.3) is 0 Å². The molecule has 0 fully saturated rings. The molecule has 2 aromatic rings. The summed E-state index contributed by atoms with van der Waals surface area (Å²) in [5.74, 6) is 1.10. The van der Waals surface area contributed by atoms with Gasteiger partial charge in [-0.15, -0.1) is 0 Å². The molecule has 0 amide bonds. The highest BCUT2D eigenvalue weighted by atomic mass is 16.5. The van der Waals surface area contributed by atoms with Crippen molar-refractivity contribution in [2.24, 2.45) is 0 Å². The van der Waals surface area contributed by atoms with E-state index < -0.39 is 0 Å². The molecule has 0 radical (unpaired) electrons. The molecule has 2 aromatic carbocycles. The van der Waals surface area contributed by atoms with Gasteiger partial charge in [0.15, 0.2) is 6.61 Å². The third kappa shape index (κ3) is 4.61. The van der Waals surface area contributed by atoms with Crippen LogP contribution in [0.1, 0.15) is 10.4 Å². The monoisotopic (exact) mass is 286 g/mol. The molecule has 0 unspecified atom stereocenters. The fourth-order valence-corrected chi connectivity index (χ4v) is 1.80. The maximum Gasteiger partial charge on any atom is 0.203 e. The van der Waals surface area contributed by atoms with Gasteiger partial charge < -0.3 is 14.2 Å². The molecule has 0 aliphatic heterocycles. The zero-order valence-corrected chi connectivity index (χ0v) is 12.0. The van der Waals surface area contributed by atoms with Crippen molar-refractivity contribution in [2.75, 3.05) is 26.9 Å². The van der Waals surface area contributed by atoms with Gasteiger partial charge in [-0.3, -0.25) is 4.79 Å². The number of hydrogen-bond acceptors (Lipinski definition) is 4. The van der Waals surface area contributed by atoms with E-state index in [0.29, 0.717) is 30.3 Å². The first-order valence-electron chi connectivity index (χ1n) is 6.73. The van der Waals surface area contributed by atoms with Crippen LogP contribution in [0.5, 0.6) is 11.5 Å². The fraction of sp³-hybridized carbons (Fsp3) is 0.235. The number of methoxy groups -OCH3 is 1. The minimum absolute atomic E-state index is 0.0192. The SMILES string of the molecule is COCCOc1ccccc1C(=O)COc1ccccc1. The summed E-state index contributed by atoms with van der Waals surface area (Å²) in [7, 11) is 1.61. The second-order valence-electron chi connectivity index (χ2n) is 4.36. The zero-order chi connectivity index (χ0) is 14.9. The smallest absolute Gasteiger partial charge is 0.203 e. The summed E-state index contributed by atoms with van der Waals surface area (Å²) in [5.41, 5.74) is 0.518. The average Bonchev–Trinajstić information content (AvgIpc) is 2.54. The van der Waals surface area contributed by atoms with Gasteiger partial charge >= 0.3 is 0 Å². The number of para-hydroxylation sites is 2. The summed E-state index contributed by atoms with van der Waals surface area (Å²) in [6.45, 7) is 0.859. The van der Waals surface area contributed by atoms with E-state index >= 15 is 0 Å². The highest BCUT2D eigenvalue weighted by Crippen LogP contribution is 2.19. The molecule has 0 heterocycles.